The predicted molar refractivity (Wildman–Crippen MR) is 125 cm³/mol. The van der Waals surface area contributed by atoms with Crippen molar-refractivity contribution in [2.75, 3.05) is 7.11 Å². The number of methoxy groups -OCH3 is 1. The van der Waals surface area contributed by atoms with Gasteiger partial charge in [-0.1, -0.05) is 99.7 Å². The summed E-state index contributed by atoms with van der Waals surface area (Å²) >= 11 is 0. The fourth-order valence-corrected chi connectivity index (χ4v) is 5.18. The molecule has 2 saturated carbocycles. The summed E-state index contributed by atoms with van der Waals surface area (Å²) in [6, 6.07) is 21.3. The third-order valence-corrected chi connectivity index (χ3v) is 6.84. The van der Waals surface area contributed by atoms with Crippen molar-refractivity contribution in [3.63, 3.8) is 0 Å². The summed E-state index contributed by atoms with van der Waals surface area (Å²) in [7, 11) is 1.49. The quantitative estimate of drug-likeness (QED) is 0.513. The maximum absolute atomic E-state index is 11.7. The van der Waals surface area contributed by atoms with E-state index in [2.05, 4.69) is 49.4 Å². The van der Waals surface area contributed by atoms with E-state index < -0.39 is 0 Å². The van der Waals surface area contributed by atoms with E-state index in [0.29, 0.717) is 5.92 Å². The Morgan fingerprint density at radius 3 is 1.69 bits per heavy atom. The zero-order chi connectivity index (χ0) is 23.2. The lowest BCUT2D eigenvalue weighted by Gasteiger charge is -2.29. The van der Waals surface area contributed by atoms with Gasteiger partial charge >= 0.3 is 12.1 Å². The molecule has 172 valence electrons. The first-order valence-corrected chi connectivity index (χ1v) is 11.8. The summed E-state index contributed by atoms with van der Waals surface area (Å²) in [6.45, 7) is 2.40. The fraction of sp³-hybridized carbons (Fsp3) is 0.500. The average Bonchev–Trinajstić information content (AvgIpc) is 2.86. The van der Waals surface area contributed by atoms with Gasteiger partial charge in [0.1, 0.15) is 0 Å². The number of ether oxygens (including phenoxy) is 1. The Morgan fingerprint density at radius 1 is 0.750 bits per heavy atom. The molecule has 2 aliphatic carbocycles. The SMILES string of the molecule is COC(=O)[C@@H]1CCCC[C@H]1c1ccccc1.C[C@H]1CCCC[C@H]1c1ccccc1.O=C=O. The molecule has 0 aliphatic heterocycles. The Hall–Kier alpha value is -2.71. The molecule has 2 aromatic rings. The highest BCUT2D eigenvalue weighted by molar-refractivity contribution is 5.73. The number of esters is 1. The number of benzene rings is 2. The van der Waals surface area contributed by atoms with E-state index in [1.807, 2.05) is 18.2 Å². The van der Waals surface area contributed by atoms with Crippen LogP contribution in [0.2, 0.25) is 0 Å². The van der Waals surface area contributed by atoms with Crippen molar-refractivity contribution < 1.29 is 19.1 Å². The van der Waals surface area contributed by atoms with E-state index in [1.165, 1.54) is 44.8 Å². The predicted octanol–water partition coefficient (Wildman–Crippen LogP) is 6.53. The Labute approximate surface area is 192 Å². The van der Waals surface area contributed by atoms with Crippen LogP contribution in [-0.4, -0.2) is 19.2 Å². The average molecular weight is 437 g/mol. The molecule has 32 heavy (non-hydrogen) atoms. The first-order valence-electron chi connectivity index (χ1n) is 11.8. The molecule has 4 rings (SSSR count). The van der Waals surface area contributed by atoms with Gasteiger partial charge < -0.3 is 4.74 Å². The largest absolute Gasteiger partial charge is 0.469 e. The first kappa shape index (κ1) is 25.5. The van der Waals surface area contributed by atoms with Gasteiger partial charge in [0.05, 0.1) is 13.0 Å². The van der Waals surface area contributed by atoms with Crippen molar-refractivity contribution in [3.05, 3.63) is 71.8 Å². The van der Waals surface area contributed by atoms with Crippen molar-refractivity contribution in [2.24, 2.45) is 11.8 Å². The smallest absolute Gasteiger partial charge is 0.373 e. The summed E-state index contributed by atoms with van der Waals surface area (Å²) < 4.78 is 4.90. The summed E-state index contributed by atoms with van der Waals surface area (Å²) in [5.41, 5.74) is 2.83. The molecule has 0 amide bonds. The van der Waals surface area contributed by atoms with Crippen LogP contribution in [0.1, 0.15) is 81.3 Å². The molecule has 4 atom stereocenters. The van der Waals surface area contributed by atoms with Crippen molar-refractivity contribution in [1.29, 1.82) is 0 Å². The van der Waals surface area contributed by atoms with E-state index >= 15 is 0 Å². The second kappa shape index (κ2) is 14.4. The molecule has 0 spiro atoms. The van der Waals surface area contributed by atoms with E-state index in [-0.39, 0.29) is 18.0 Å². The van der Waals surface area contributed by atoms with Crippen LogP contribution in [0.3, 0.4) is 0 Å². The van der Waals surface area contributed by atoms with Gasteiger partial charge in [-0.2, -0.15) is 9.59 Å². The Balaban J connectivity index is 0.000000206. The summed E-state index contributed by atoms with van der Waals surface area (Å²) in [6.07, 6.45) is 10.3. The van der Waals surface area contributed by atoms with Crippen LogP contribution in [0.15, 0.2) is 60.7 Å². The molecule has 4 heteroatoms. The highest BCUT2D eigenvalue weighted by atomic mass is 16.5. The van der Waals surface area contributed by atoms with Crippen LogP contribution in [-0.2, 0) is 19.1 Å². The first-order chi connectivity index (χ1) is 15.6. The normalized spacial score (nSPS) is 24.4. The minimum Gasteiger partial charge on any atom is -0.469 e. The van der Waals surface area contributed by atoms with Gasteiger partial charge in [-0.25, -0.2) is 0 Å². The summed E-state index contributed by atoms with van der Waals surface area (Å²) in [5, 5.41) is 0. The molecule has 2 aromatic carbocycles. The van der Waals surface area contributed by atoms with Crippen LogP contribution in [0.25, 0.3) is 0 Å². The Kier molecular flexibility index (Phi) is 11.5. The third-order valence-electron chi connectivity index (χ3n) is 6.84. The van der Waals surface area contributed by atoms with Crippen LogP contribution in [0, 0.1) is 11.8 Å². The minimum absolute atomic E-state index is 0.0476. The van der Waals surface area contributed by atoms with Crippen LogP contribution < -0.4 is 0 Å². The van der Waals surface area contributed by atoms with Gasteiger partial charge in [0.25, 0.3) is 0 Å². The van der Waals surface area contributed by atoms with Crippen LogP contribution in [0.5, 0.6) is 0 Å². The van der Waals surface area contributed by atoms with E-state index in [1.54, 1.807) is 5.56 Å². The number of carbonyl (C=O) groups excluding carboxylic acids is 3. The minimum atomic E-state index is -0.0476. The molecule has 4 nitrogen and oxygen atoms in total. The highest BCUT2D eigenvalue weighted by Crippen LogP contribution is 2.38. The van der Waals surface area contributed by atoms with Gasteiger partial charge in [0.15, 0.2) is 0 Å². The second-order valence-corrected chi connectivity index (χ2v) is 8.79. The van der Waals surface area contributed by atoms with Crippen molar-refractivity contribution in [2.45, 2.75) is 70.1 Å². The molecule has 0 saturated heterocycles. The van der Waals surface area contributed by atoms with Gasteiger partial charge in [-0.15, -0.1) is 0 Å². The highest BCUT2D eigenvalue weighted by Gasteiger charge is 2.32. The van der Waals surface area contributed by atoms with Gasteiger partial charge in [0, 0.05) is 0 Å². The fourth-order valence-electron chi connectivity index (χ4n) is 5.18. The maximum atomic E-state index is 11.7. The van der Waals surface area contributed by atoms with Gasteiger partial charge in [0.2, 0.25) is 0 Å². The molecule has 0 bridgehead atoms. The Morgan fingerprint density at radius 2 is 1.19 bits per heavy atom. The summed E-state index contributed by atoms with van der Waals surface area (Å²) in [4.78, 5) is 28.0. The van der Waals surface area contributed by atoms with Gasteiger partial charge in [-0.05, 0) is 48.1 Å². The zero-order valence-electron chi connectivity index (χ0n) is 19.4. The Bertz CT molecular complexity index is 812. The molecule has 0 radical (unpaired) electrons. The lowest BCUT2D eigenvalue weighted by atomic mass is 9.75. The van der Waals surface area contributed by atoms with Gasteiger partial charge in [-0.3, -0.25) is 4.79 Å². The van der Waals surface area contributed by atoms with Crippen molar-refractivity contribution in [1.82, 2.24) is 0 Å². The number of rotatable bonds is 3. The molecule has 0 unspecified atom stereocenters. The molecular formula is C28H36O4. The molecular weight excluding hydrogens is 400 g/mol. The monoisotopic (exact) mass is 436 g/mol. The van der Waals surface area contributed by atoms with Crippen LogP contribution >= 0.6 is 0 Å². The maximum Gasteiger partial charge on any atom is 0.373 e. The van der Waals surface area contributed by atoms with Crippen molar-refractivity contribution >= 4 is 12.1 Å². The second-order valence-electron chi connectivity index (χ2n) is 8.79. The van der Waals surface area contributed by atoms with E-state index in [4.69, 9.17) is 14.3 Å². The molecule has 0 heterocycles. The third kappa shape index (κ3) is 7.76. The standard InChI is InChI=1S/C14H18O2.C13H18.CO2/c1-16-14(15)13-10-6-5-9-12(13)11-7-3-2-4-8-11;1-11-7-5-6-10-13(11)12-8-3-2-4-9-12;2-1-3/h2-4,7-8,12-13H,5-6,9-10H2,1H3;2-4,8-9,11,13H,5-7,10H2,1H3;/t12-,13+;11-,13+;/m00./s1. The molecule has 0 N–H and O–H groups in total. The topological polar surface area (TPSA) is 60.4 Å². The number of hydrogen-bond donors (Lipinski definition) is 0. The number of carbonyl (C=O) groups is 1. The van der Waals surface area contributed by atoms with Crippen molar-refractivity contribution in [3.8, 4) is 0 Å². The summed E-state index contributed by atoms with van der Waals surface area (Å²) in [5.74, 6) is 2.07. The zero-order valence-corrected chi connectivity index (χ0v) is 19.4. The lowest BCUT2D eigenvalue weighted by molar-refractivity contribution is -0.191. The lowest BCUT2D eigenvalue weighted by Crippen LogP contribution is -2.26. The molecule has 2 aliphatic rings. The molecule has 0 aromatic heterocycles. The number of hydrogen-bond acceptors (Lipinski definition) is 4. The van der Waals surface area contributed by atoms with Crippen LogP contribution in [0.4, 0.5) is 0 Å². The molecule has 2 fully saturated rings. The van der Waals surface area contributed by atoms with E-state index in [0.717, 1.165) is 31.1 Å². The van der Waals surface area contributed by atoms with E-state index in [9.17, 15) is 4.79 Å².